The lowest BCUT2D eigenvalue weighted by molar-refractivity contribution is -0.125. The van der Waals surface area contributed by atoms with Gasteiger partial charge in [-0.05, 0) is 72.3 Å². The van der Waals surface area contributed by atoms with Crippen LogP contribution in [0, 0.1) is 11.7 Å². The molecule has 2 heterocycles. The first kappa shape index (κ1) is 22.5. The molecular formula is C26H32FN3O2. The highest BCUT2D eigenvalue weighted by Crippen LogP contribution is 2.25. The Labute approximate surface area is 189 Å². The molecule has 0 aliphatic carbocycles. The van der Waals surface area contributed by atoms with Crippen molar-refractivity contribution < 1.29 is 14.0 Å². The lowest BCUT2D eigenvalue weighted by atomic mass is 10.0. The number of carbonyl (C=O) groups excluding carboxylic acids is 2. The number of benzene rings is 2. The number of hydrogen-bond donors (Lipinski definition) is 0. The van der Waals surface area contributed by atoms with Gasteiger partial charge in [0.25, 0.3) is 0 Å². The molecule has 0 bridgehead atoms. The molecule has 5 nitrogen and oxygen atoms in total. The Balaban J connectivity index is 1.43. The highest BCUT2D eigenvalue weighted by molar-refractivity contribution is 6.01. The van der Waals surface area contributed by atoms with E-state index in [4.69, 9.17) is 0 Å². The molecule has 2 aromatic rings. The second-order valence-electron chi connectivity index (χ2n) is 9.42. The zero-order chi connectivity index (χ0) is 22.7. The van der Waals surface area contributed by atoms with Crippen LogP contribution in [0.1, 0.15) is 44.2 Å². The van der Waals surface area contributed by atoms with Gasteiger partial charge in [0.2, 0.25) is 5.91 Å². The predicted molar refractivity (Wildman–Crippen MR) is 123 cm³/mol. The molecule has 2 fully saturated rings. The minimum Gasteiger partial charge on any atom is -0.311 e. The van der Waals surface area contributed by atoms with Gasteiger partial charge in [0.05, 0.1) is 0 Å². The fraction of sp³-hybridized carbons (Fsp3) is 0.462. The molecule has 2 saturated heterocycles. The number of likely N-dealkylation sites (tertiary alicyclic amines) is 1. The van der Waals surface area contributed by atoms with E-state index in [9.17, 15) is 14.0 Å². The number of hydrogen-bond acceptors (Lipinski definition) is 3. The second-order valence-corrected chi connectivity index (χ2v) is 9.42. The summed E-state index contributed by atoms with van der Waals surface area (Å²) < 4.78 is 14.3. The van der Waals surface area contributed by atoms with E-state index in [1.54, 1.807) is 17.0 Å². The zero-order valence-electron chi connectivity index (χ0n) is 19.0. The number of piperidine rings is 1. The number of imide groups is 1. The molecule has 0 spiro atoms. The van der Waals surface area contributed by atoms with Gasteiger partial charge in [-0.1, -0.05) is 44.5 Å². The van der Waals surface area contributed by atoms with Crippen LogP contribution in [0.4, 0.5) is 9.18 Å². The fourth-order valence-corrected chi connectivity index (χ4v) is 4.57. The van der Waals surface area contributed by atoms with Crippen molar-refractivity contribution in [1.29, 1.82) is 0 Å². The Kier molecular flexibility index (Phi) is 6.89. The van der Waals surface area contributed by atoms with Crippen molar-refractivity contribution in [1.82, 2.24) is 14.7 Å². The fourth-order valence-electron chi connectivity index (χ4n) is 4.57. The quantitative estimate of drug-likeness (QED) is 0.579. The number of urea groups is 1. The van der Waals surface area contributed by atoms with Gasteiger partial charge in [0, 0.05) is 19.6 Å². The molecule has 2 aromatic carbocycles. The van der Waals surface area contributed by atoms with Crippen molar-refractivity contribution in [3.05, 3.63) is 59.4 Å². The van der Waals surface area contributed by atoms with Gasteiger partial charge in [-0.15, -0.1) is 0 Å². The van der Waals surface area contributed by atoms with Crippen molar-refractivity contribution >= 4 is 11.9 Å². The lowest BCUT2D eigenvalue weighted by Crippen LogP contribution is -2.35. The average Bonchev–Trinajstić information content (AvgIpc) is 3.01. The molecule has 0 N–H and O–H groups in total. The Morgan fingerprint density at radius 2 is 1.59 bits per heavy atom. The lowest BCUT2D eigenvalue weighted by Gasteiger charge is -2.26. The summed E-state index contributed by atoms with van der Waals surface area (Å²) in [5.41, 5.74) is 3.75. The minimum atomic E-state index is -0.222. The van der Waals surface area contributed by atoms with E-state index in [2.05, 4.69) is 11.0 Å². The summed E-state index contributed by atoms with van der Waals surface area (Å²) in [5.74, 6) is -0.112. The van der Waals surface area contributed by atoms with Crippen molar-refractivity contribution in [2.24, 2.45) is 5.92 Å². The molecule has 0 saturated carbocycles. The van der Waals surface area contributed by atoms with E-state index in [1.807, 2.05) is 38.1 Å². The first-order valence-corrected chi connectivity index (χ1v) is 11.6. The second kappa shape index (κ2) is 9.82. The number of carbonyl (C=O) groups is 2. The minimum absolute atomic E-state index is 0.122. The average molecular weight is 438 g/mol. The van der Waals surface area contributed by atoms with Gasteiger partial charge in [-0.25, -0.2) is 9.18 Å². The molecule has 3 amide bonds. The Hall–Kier alpha value is -2.73. The summed E-state index contributed by atoms with van der Waals surface area (Å²) >= 11 is 0. The molecule has 0 unspecified atom stereocenters. The SMILES string of the molecule is CC(C)CN1C(=O)CN(Cc2ccc(-c3cc(F)cc(CN4CCCCC4)c3)cc2)C1=O. The van der Waals surface area contributed by atoms with Crippen molar-refractivity contribution in [3.8, 4) is 11.1 Å². The topological polar surface area (TPSA) is 43.9 Å². The van der Waals surface area contributed by atoms with Gasteiger partial charge in [0.1, 0.15) is 12.4 Å². The summed E-state index contributed by atoms with van der Waals surface area (Å²) in [6, 6.07) is 12.9. The van der Waals surface area contributed by atoms with E-state index in [-0.39, 0.29) is 30.2 Å². The maximum Gasteiger partial charge on any atom is 0.327 e. The van der Waals surface area contributed by atoms with Gasteiger partial charge in [0.15, 0.2) is 0 Å². The van der Waals surface area contributed by atoms with E-state index in [0.29, 0.717) is 13.1 Å². The Morgan fingerprint density at radius 3 is 2.28 bits per heavy atom. The first-order chi connectivity index (χ1) is 15.4. The normalized spacial score (nSPS) is 17.6. The van der Waals surface area contributed by atoms with Crippen LogP contribution >= 0.6 is 0 Å². The highest BCUT2D eigenvalue weighted by Gasteiger charge is 2.35. The predicted octanol–water partition coefficient (Wildman–Crippen LogP) is 4.90. The highest BCUT2D eigenvalue weighted by atomic mass is 19.1. The molecule has 0 atom stereocenters. The number of amides is 3. The molecule has 0 aromatic heterocycles. The summed E-state index contributed by atoms with van der Waals surface area (Å²) in [6.07, 6.45) is 3.71. The molecule has 6 heteroatoms. The van der Waals surface area contributed by atoms with Gasteiger partial charge >= 0.3 is 6.03 Å². The van der Waals surface area contributed by atoms with E-state index in [1.165, 1.54) is 24.2 Å². The van der Waals surface area contributed by atoms with Crippen LogP contribution in [0.2, 0.25) is 0 Å². The third-order valence-electron chi connectivity index (χ3n) is 6.15. The molecule has 4 rings (SSSR count). The third kappa shape index (κ3) is 5.36. The summed E-state index contributed by atoms with van der Waals surface area (Å²) in [7, 11) is 0. The molecule has 2 aliphatic heterocycles. The summed E-state index contributed by atoms with van der Waals surface area (Å²) in [6.45, 7) is 7.88. The summed E-state index contributed by atoms with van der Waals surface area (Å²) in [4.78, 5) is 30.1. The number of halogens is 1. The van der Waals surface area contributed by atoms with Gasteiger partial charge < -0.3 is 4.90 Å². The van der Waals surface area contributed by atoms with Crippen LogP contribution in [-0.4, -0.2) is 52.8 Å². The first-order valence-electron chi connectivity index (χ1n) is 11.6. The monoisotopic (exact) mass is 437 g/mol. The maximum atomic E-state index is 14.3. The Morgan fingerprint density at radius 1 is 0.875 bits per heavy atom. The number of rotatable bonds is 7. The van der Waals surface area contributed by atoms with Crippen molar-refractivity contribution in [2.45, 2.75) is 46.2 Å². The zero-order valence-corrected chi connectivity index (χ0v) is 19.0. The summed E-state index contributed by atoms with van der Waals surface area (Å²) in [5, 5.41) is 0. The smallest absolute Gasteiger partial charge is 0.311 e. The van der Waals surface area contributed by atoms with Gasteiger partial charge in [-0.3, -0.25) is 14.6 Å². The standard InChI is InChI=1S/C26H32FN3O2/c1-19(2)15-30-25(31)18-29(26(30)32)17-20-6-8-22(9-7-20)23-12-21(13-24(27)14-23)16-28-10-4-3-5-11-28/h6-9,12-14,19H,3-5,10-11,15-18H2,1-2H3. The third-order valence-corrected chi connectivity index (χ3v) is 6.15. The largest absolute Gasteiger partial charge is 0.327 e. The molecular weight excluding hydrogens is 405 g/mol. The number of nitrogens with zero attached hydrogens (tertiary/aromatic N) is 3. The maximum absolute atomic E-state index is 14.3. The van der Waals surface area contributed by atoms with Crippen LogP contribution in [0.5, 0.6) is 0 Å². The van der Waals surface area contributed by atoms with E-state index < -0.39 is 0 Å². The van der Waals surface area contributed by atoms with Crippen molar-refractivity contribution in [3.63, 3.8) is 0 Å². The van der Waals surface area contributed by atoms with Crippen LogP contribution in [0.25, 0.3) is 11.1 Å². The van der Waals surface area contributed by atoms with E-state index >= 15 is 0 Å². The van der Waals surface area contributed by atoms with Crippen molar-refractivity contribution in [2.75, 3.05) is 26.2 Å². The molecule has 2 aliphatic rings. The van der Waals surface area contributed by atoms with Crippen LogP contribution in [0.15, 0.2) is 42.5 Å². The Bertz CT molecular complexity index is 968. The molecule has 0 radical (unpaired) electrons. The molecule has 170 valence electrons. The van der Waals surface area contributed by atoms with Crippen LogP contribution < -0.4 is 0 Å². The molecule has 32 heavy (non-hydrogen) atoms. The van der Waals surface area contributed by atoms with Gasteiger partial charge in [-0.2, -0.15) is 0 Å². The van der Waals surface area contributed by atoms with Crippen LogP contribution in [-0.2, 0) is 17.9 Å². The van der Waals surface area contributed by atoms with E-state index in [0.717, 1.165) is 41.9 Å². The van der Waals surface area contributed by atoms with Crippen LogP contribution in [0.3, 0.4) is 0 Å².